The summed E-state index contributed by atoms with van der Waals surface area (Å²) in [6.45, 7) is 9.21. The Morgan fingerprint density at radius 3 is 2.39 bits per heavy atom. The molecule has 0 amide bonds. The summed E-state index contributed by atoms with van der Waals surface area (Å²) in [7, 11) is 2.34. The molecule has 0 spiro atoms. The van der Waals surface area contributed by atoms with Gasteiger partial charge in [-0.25, -0.2) is 0 Å². The van der Waals surface area contributed by atoms with Crippen molar-refractivity contribution in [3.05, 3.63) is 0 Å². The summed E-state index contributed by atoms with van der Waals surface area (Å²) in [4.78, 5) is 2.65. The summed E-state index contributed by atoms with van der Waals surface area (Å²) in [5.74, 6) is 1.01. The third-order valence-electron chi connectivity index (χ3n) is 4.89. The van der Waals surface area contributed by atoms with Gasteiger partial charge in [-0.05, 0) is 71.5 Å². The molecular formula is C16H34N2. The molecule has 0 aromatic rings. The Bertz CT molecular complexity index is 197. The SMILES string of the molecule is CCNCCCC(C)N(C)C1CCC(CC)CC1. The average molecular weight is 254 g/mol. The Morgan fingerprint density at radius 1 is 1.17 bits per heavy atom. The smallest absolute Gasteiger partial charge is 0.00952 e. The van der Waals surface area contributed by atoms with Crippen LogP contribution in [0.15, 0.2) is 0 Å². The third-order valence-corrected chi connectivity index (χ3v) is 4.89. The maximum atomic E-state index is 3.42. The van der Waals surface area contributed by atoms with Crippen LogP contribution in [0.5, 0.6) is 0 Å². The molecule has 1 saturated carbocycles. The summed E-state index contributed by atoms with van der Waals surface area (Å²) < 4.78 is 0. The zero-order chi connectivity index (χ0) is 13.4. The normalized spacial score (nSPS) is 26.5. The van der Waals surface area contributed by atoms with Gasteiger partial charge in [0.15, 0.2) is 0 Å². The van der Waals surface area contributed by atoms with Crippen LogP contribution >= 0.6 is 0 Å². The summed E-state index contributed by atoms with van der Waals surface area (Å²) in [5, 5.41) is 3.42. The molecule has 0 radical (unpaired) electrons. The van der Waals surface area contributed by atoms with Gasteiger partial charge in [-0.1, -0.05) is 20.3 Å². The summed E-state index contributed by atoms with van der Waals surface area (Å²) in [6.07, 6.45) is 9.78. The van der Waals surface area contributed by atoms with E-state index in [4.69, 9.17) is 0 Å². The Balaban J connectivity index is 2.20. The minimum Gasteiger partial charge on any atom is -0.317 e. The number of hydrogen-bond acceptors (Lipinski definition) is 2. The highest BCUT2D eigenvalue weighted by molar-refractivity contribution is 4.80. The molecule has 1 unspecified atom stereocenters. The van der Waals surface area contributed by atoms with Crippen molar-refractivity contribution in [2.75, 3.05) is 20.1 Å². The monoisotopic (exact) mass is 254 g/mol. The van der Waals surface area contributed by atoms with Crippen LogP contribution in [-0.4, -0.2) is 37.1 Å². The van der Waals surface area contributed by atoms with Crippen LogP contribution in [0.1, 0.15) is 65.7 Å². The number of nitrogens with one attached hydrogen (secondary N) is 1. The van der Waals surface area contributed by atoms with Crippen molar-refractivity contribution in [3.8, 4) is 0 Å². The lowest BCUT2D eigenvalue weighted by molar-refractivity contribution is 0.121. The van der Waals surface area contributed by atoms with E-state index >= 15 is 0 Å². The van der Waals surface area contributed by atoms with Crippen LogP contribution in [0, 0.1) is 5.92 Å². The van der Waals surface area contributed by atoms with Gasteiger partial charge in [-0.15, -0.1) is 0 Å². The molecule has 1 fully saturated rings. The molecule has 18 heavy (non-hydrogen) atoms. The molecule has 108 valence electrons. The van der Waals surface area contributed by atoms with Crippen molar-refractivity contribution in [3.63, 3.8) is 0 Å². The highest BCUT2D eigenvalue weighted by Gasteiger charge is 2.25. The summed E-state index contributed by atoms with van der Waals surface area (Å²) in [5.41, 5.74) is 0. The number of hydrogen-bond donors (Lipinski definition) is 1. The van der Waals surface area contributed by atoms with E-state index in [0.29, 0.717) is 0 Å². The second-order valence-electron chi connectivity index (χ2n) is 6.09. The standard InChI is InChI=1S/C16H34N2/c1-5-15-9-11-16(12-10-15)18(4)14(3)8-7-13-17-6-2/h14-17H,5-13H2,1-4H3. The molecular weight excluding hydrogens is 220 g/mol. The topological polar surface area (TPSA) is 15.3 Å². The zero-order valence-corrected chi connectivity index (χ0v) is 13.0. The lowest BCUT2D eigenvalue weighted by Gasteiger charge is -2.38. The first-order chi connectivity index (χ1) is 8.69. The molecule has 0 aromatic carbocycles. The lowest BCUT2D eigenvalue weighted by Crippen LogP contribution is -2.41. The first-order valence-corrected chi connectivity index (χ1v) is 8.11. The van der Waals surface area contributed by atoms with E-state index in [1.54, 1.807) is 0 Å². The second-order valence-corrected chi connectivity index (χ2v) is 6.09. The fraction of sp³-hybridized carbons (Fsp3) is 1.00. The van der Waals surface area contributed by atoms with Crippen LogP contribution in [-0.2, 0) is 0 Å². The van der Waals surface area contributed by atoms with Crippen LogP contribution in [0.3, 0.4) is 0 Å². The molecule has 0 aromatic heterocycles. The maximum Gasteiger partial charge on any atom is 0.00952 e. The zero-order valence-electron chi connectivity index (χ0n) is 13.0. The lowest BCUT2D eigenvalue weighted by atomic mass is 9.83. The molecule has 2 heteroatoms. The van der Waals surface area contributed by atoms with E-state index in [-0.39, 0.29) is 0 Å². The van der Waals surface area contributed by atoms with Crippen LogP contribution in [0.2, 0.25) is 0 Å². The Hall–Kier alpha value is -0.0800. The Kier molecular flexibility index (Phi) is 7.92. The number of nitrogens with zero attached hydrogens (tertiary/aromatic N) is 1. The predicted octanol–water partition coefficient (Wildman–Crippen LogP) is 3.67. The molecule has 1 aliphatic rings. The summed E-state index contributed by atoms with van der Waals surface area (Å²) in [6, 6.07) is 1.59. The van der Waals surface area contributed by atoms with Gasteiger partial charge < -0.3 is 10.2 Å². The molecule has 1 aliphatic carbocycles. The first kappa shape index (κ1) is 16.0. The molecule has 0 aliphatic heterocycles. The Labute approximate surface area is 115 Å². The molecule has 0 heterocycles. The first-order valence-electron chi connectivity index (χ1n) is 8.11. The van der Waals surface area contributed by atoms with E-state index in [2.05, 4.69) is 38.0 Å². The quantitative estimate of drug-likeness (QED) is 0.665. The fourth-order valence-corrected chi connectivity index (χ4v) is 3.22. The van der Waals surface area contributed by atoms with Crippen molar-refractivity contribution in [2.24, 2.45) is 5.92 Å². The molecule has 1 atom stereocenters. The van der Waals surface area contributed by atoms with Crippen molar-refractivity contribution in [1.29, 1.82) is 0 Å². The molecule has 1 N–H and O–H groups in total. The van der Waals surface area contributed by atoms with Gasteiger partial charge in [0.1, 0.15) is 0 Å². The minimum atomic E-state index is 0.742. The highest BCUT2D eigenvalue weighted by Crippen LogP contribution is 2.30. The molecule has 0 bridgehead atoms. The van der Waals surface area contributed by atoms with E-state index in [0.717, 1.165) is 24.5 Å². The van der Waals surface area contributed by atoms with Gasteiger partial charge in [0, 0.05) is 12.1 Å². The maximum absolute atomic E-state index is 3.42. The fourth-order valence-electron chi connectivity index (χ4n) is 3.22. The van der Waals surface area contributed by atoms with E-state index < -0.39 is 0 Å². The van der Waals surface area contributed by atoms with Gasteiger partial charge in [0.25, 0.3) is 0 Å². The third kappa shape index (κ3) is 5.27. The minimum absolute atomic E-state index is 0.742. The van der Waals surface area contributed by atoms with Crippen molar-refractivity contribution in [2.45, 2.75) is 77.8 Å². The van der Waals surface area contributed by atoms with Gasteiger partial charge in [0.05, 0.1) is 0 Å². The van der Waals surface area contributed by atoms with E-state index in [1.165, 1.54) is 51.5 Å². The largest absolute Gasteiger partial charge is 0.317 e. The van der Waals surface area contributed by atoms with Crippen LogP contribution in [0.4, 0.5) is 0 Å². The van der Waals surface area contributed by atoms with Crippen molar-refractivity contribution in [1.82, 2.24) is 10.2 Å². The van der Waals surface area contributed by atoms with Crippen LogP contribution in [0.25, 0.3) is 0 Å². The average Bonchev–Trinajstić information content (AvgIpc) is 2.42. The predicted molar refractivity (Wildman–Crippen MR) is 81.0 cm³/mol. The number of rotatable bonds is 8. The molecule has 2 nitrogen and oxygen atoms in total. The Morgan fingerprint density at radius 2 is 1.83 bits per heavy atom. The summed E-state index contributed by atoms with van der Waals surface area (Å²) >= 11 is 0. The van der Waals surface area contributed by atoms with Crippen molar-refractivity contribution >= 4 is 0 Å². The molecule has 1 rings (SSSR count). The van der Waals surface area contributed by atoms with E-state index in [9.17, 15) is 0 Å². The molecule has 0 saturated heterocycles. The van der Waals surface area contributed by atoms with Gasteiger partial charge in [0.2, 0.25) is 0 Å². The van der Waals surface area contributed by atoms with E-state index in [1.807, 2.05) is 0 Å². The van der Waals surface area contributed by atoms with Gasteiger partial charge in [-0.3, -0.25) is 0 Å². The second kappa shape index (κ2) is 8.92. The van der Waals surface area contributed by atoms with Gasteiger partial charge >= 0.3 is 0 Å². The van der Waals surface area contributed by atoms with Crippen molar-refractivity contribution < 1.29 is 0 Å². The van der Waals surface area contributed by atoms with Crippen LogP contribution < -0.4 is 5.32 Å². The highest BCUT2D eigenvalue weighted by atomic mass is 15.2. The van der Waals surface area contributed by atoms with Gasteiger partial charge in [-0.2, -0.15) is 0 Å².